The number of nitrogens with zero attached hydrogens (tertiary/aromatic N) is 1. The van der Waals surface area contributed by atoms with Gasteiger partial charge in [0.2, 0.25) is 5.88 Å². The number of pyridine rings is 1. The van der Waals surface area contributed by atoms with E-state index in [0.717, 1.165) is 31.6 Å². The van der Waals surface area contributed by atoms with Gasteiger partial charge in [-0.15, -0.1) is 0 Å². The Morgan fingerprint density at radius 3 is 2.08 bits per heavy atom. The maximum atomic E-state index is 5.71. The van der Waals surface area contributed by atoms with Crippen molar-refractivity contribution in [1.29, 1.82) is 0 Å². The molecule has 0 saturated carbocycles. The summed E-state index contributed by atoms with van der Waals surface area (Å²) < 4.78 is 5.71. The Hall–Kier alpha value is -2.61. The lowest BCUT2D eigenvalue weighted by Crippen LogP contribution is -2.15. The number of benzene rings is 2. The van der Waals surface area contributed by atoms with Crippen molar-refractivity contribution < 1.29 is 4.74 Å². The first-order chi connectivity index (χ1) is 11.9. The van der Waals surface area contributed by atoms with Crippen LogP contribution in [0.3, 0.4) is 0 Å². The molecule has 0 fully saturated rings. The molecule has 2 heteroatoms. The molecule has 0 spiro atoms. The van der Waals surface area contributed by atoms with Gasteiger partial charge in [-0.05, 0) is 53.5 Å². The minimum atomic E-state index is 0.787. The summed E-state index contributed by atoms with van der Waals surface area (Å²) in [5.41, 5.74) is 10.7. The van der Waals surface area contributed by atoms with Gasteiger partial charge in [-0.2, -0.15) is 0 Å². The molecule has 1 heterocycles. The molecule has 2 aliphatic carbocycles. The Morgan fingerprint density at radius 1 is 0.750 bits per heavy atom. The van der Waals surface area contributed by atoms with E-state index in [1.165, 1.54) is 44.6 Å². The van der Waals surface area contributed by atoms with Gasteiger partial charge in [0.1, 0.15) is 0 Å². The second-order valence-corrected chi connectivity index (χ2v) is 6.61. The summed E-state index contributed by atoms with van der Waals surface area (Å²) >= 11 is 0. The van der Waals surface area contributed by atoms with Crippen molar-refractivity contribution in [3.05, 3.63) is 70.9 Å². The molecule has 0 bridgehead atoms. The van der Waals surface area contributed by atoms with E-state index < -0.39 is 0 Å². The van der Waals surface area contributed by atoms with Crippen LogP contribution >= 0.6 is 0 Å². The number of aromatic nitrogens is 1. The average molecular weight is 313 g/mol. The number of fused-ring (bicyclic) bond motifs is 7. The largest absolute Gasteiger partial charge is 0.481 e. The molecule has 0 amide bonds. The van der Waals surface area contributed by atoms with Gasteiger partial charge in [0.15, 0.2) is 0 Å². The molecule has 24 heavy (non-hydrogen) atoms. The van der Waals surface area contributed by atoms with Crippen LogP contribution in [0.1, 0.15) is 22.4 Å². The first-order valence-electron chi connectivity index (χ1n) is 8.63. The SMILES string of the molecule is COc1nc2c(c3c1-c1ccccc1CC3)-c1ccccc1CC2. The van der Waals surface area contributed by atoms with Crippen LogP contribution in [0.25, 0.3) is 22.3 Å². The average Bonchev–Trinajstić information content (AvgIpc) is 2.66. The van der Waals surface area contributed by atoms with Crippen LogP contribution in [0.5, 0.6) is 5.88 Å². The third-order valence-electron chi connectivity index (χ3n) is 5.38. The molecular formula is C22H19NO. The van der Waals surface area contributed by atoms with E-state index in [1.807, 2.05) is 0 Å². The lowest BCUT2D eigenvalue weighted by Gasteiger charge is -2.29. The molecule has 118 valence electrons. The standard InChI is InChI=1S/C22H19NO/c1-24-22-21-17-9-5-3-6-14(17)10-12-18(21)20-16-8-4-2-7-15(16)11-13-19(20)23-22/h2-9H,10-13H2,1H3. The summed E-state index contributed by atoms with van der Waals surface area (Å²) in [6.45, 7) is 0. The Bertz CT molecular complexity index is 900. The molecule has 5 rings (SSSR count). The van der Waals surface area contributed by atoms with E-state index in [2.05, 4.69) is 48.5 Å². The van der Waals surface area contributed by atoms with E-state index in [1.54, 1.807) is 7.11 Å². The minimum Gasteiger partial charge on any atom is -0.481 e. The monoisotopic (exact) mass is 313 g/mol. The maximum Gasteiger partial charge on any atom is 0.221 e. The van der Waals surface area contributed by atoms with E-state index in [9.17, 15) is 0 Å². The fourth-order valence-electron chi connectivity index (χ4n) is 4.31. The highest BCUT2D eigenvalue weighted by atomic mass is 16.5. The number of methoxy groups -OCH3 is 1. The number of hydrogen-bond donors (Lipinski definition) is 0. The molecule has 2 aliphatic rings. The van der Waals surface area contributed by atoms with Crippen molar-refractivity contribution in [2.24, 2.45) is 0 Å². The smallest absolute Gasteiger partial charge is 0.221 e. The van der Waals surface area contributed by atoms with E-state index in [-0.39, 0.29) is 0 Å². The summed E-state index contributed by atoms with van der Waals surface area (Å²) in [5.74, 6) is 0.787. The summed E-state index contributed by atoms with van der Waals surface area (Å²) in [6, 6.07) is 17.5. The quantitative estimate of drug-likeness (QED) is 0.654. The van der Waals surface area contributed by atoms with Gasteiger partial charge in [0.25, 0.3) is 0 Å². The van der Waals surface area contributed by atoms with Gasteiger partial charge in [-0.3, -0.25) is 0 Å². The molecule has 3 aromatic rings. The molecule has 0 aliphatic heterocycles. The Balaban J connectivity index is 1.87. The minimum absolute atomic E-state index is 0.787. The van der Waals surface area contributed by atoms with Crippen LogP contribution in [0, 0.1) is 0 Å². The first kappa shape index (κ1) is 13.8. The predicted molar refractivity (Wildman–Crippen MR) is 96.5 cm³/mol. The fraction of sp³-hybridized carbons (Fsp3) is 0.227. The van der Waals surface area contributed by atoms with E-state index in [0.29, 0.717) is 0 Å². The van der Waals surface area contributed by atoms with Crippen molar-refractivity contribution in [1.82, 2.24) is 4.98 Å². The second-order valence-electron chi connectivity index (χ2n) is 6.61. The summed E-state index contributed by atoms with van der Waals surface area (Å²) in [4.78, 5) is 4.92. The summed E-state index contributed by atoms with van der Waals surface area (Å²) in [6.07, 6.45) is 4.21. The molecule has 0 unspecified atom stereocenters. The van der Waals surface area contributed by atoms with Crippen molar-refractivity contribution in [3.8, 4) is 28.1 Å². The zero-order valence-electron chi connectivity index (χ0n) is 13.8. The lowest BCUT2D eigenvalue weighted by molar-refractivity contribution is 0.397. The lowest BCUT2D eigenvalue weighted by atomic mass is 9.78. The van der Waals surface area contributed by atoms with Gasteiger partial charge in [0.05, 0.1) is 12.8 Å². The molecule has 0 radical (unpaired) electrons. The molecule has 1 aromatic heterocycles. The van der Waals surface area contributed by atoms with Crippen molar-refractivity contribution in [2.45, 2.75) is 25.7 Å². The number of rotatable bonds is 1. The summed E-state index contributed by atoms with van der Waals surface area (Å²) in [5, 5.41) is 0. The molecule has 0 atom stereocenters. The Labute approximate surface area is 142 Å². The zero-order chi connectivity index (χ0) is 16.1. The highest BCUT2D eigenvalue weighted by Gasteiger charge is 2.29. The highest BCUT2D eigenvalue weighted by Crippen LogP contribution is 2.46. The van der Waals surface area contributed by atoms with Crippen LogP contribution in [0.4, 0.5) is 0 Å². The van der Waals surface area contributed by atoms with Gasteiger partial charge >= 0.3 is 0 Å². The van der Waals surface area contributed by atoms with Gasteiger partial charge in [0, 0.05) is 11.1 Å². The topological polar surface area (TPSA) is 22.1 Å². The van der Waals surface area contributed by atoms with E-state index >= 15 is 0 Å². The third-order valence-corrected chi connectivity index (χ3v) is 5.38. The third kappa shape index (κ3) is 1.86. The normalized spacial score (nSPS) is 14.2. The highest BCUT2D eigenvalue weighted by molar-refractivity contribution is 5.87. The van der Waals surface area contributed by atoms with Gasteiger partial charge in [-0.1, -0.05) is 48.5 Å². The predicted octanol–water partition coefficient (Wildman–Crippen LogP) is 4.62. The molecule has 2 aromatic carbocycles. The van der Waals surface area contributed by atoms with Gasteiger partial charge in [-0.25, -0.2) is 4.98 Å². The van der Waals surface area contributed by atoms with Gasteiger partial charge < -0.3 is 4.74 Å². The number of aryl methyl sites for hydroxylation is 3. The fourth-order valence-corrected chi connectivity index (χ4v) is 4.31. The number of hydrogen-bond acceptors (Lipinski definition) is 2. The van der Waals surface area contributed by atoms with Crippen LogP contribution in [-0.4, -0.2) is 12.1 Å². The zero-order valence-corrected chi connectivity index (χ0v) is 13.8. The molecule has 0 saturated heterocycles. The van der Waals surface area contributed by atoms with Crippen LogP contribution < -0.4 is 4.74 Å². The van der Waals surface area contributed by atoms with E-state index in [4.69, 9.17) is 9.72 Å². The Kier molecular flexibility index (Phi) is 2.99. The van der Waals surface area contributed by atoms with Crippen LogP contribution in [-0.2, 0) is 25.7 Å². The van der Waals surface area contributed by atoms with Crippen LogP contribution in [0.15, 0.2) is 48.5 Å². The molecule has 0 N–H and O–H groups in total. The van der Waals surface area contributed by atoms with Crippen molar-refractivity contribution in [3.63, 3.8) is 0 Å². The molecular weight excluding hydrogens is 294 g/mol. The van der Waals surface area contributed by atoms with Crippen molar-refractivity contribution >= 4 is 0 Å². The van der Waals surface area contributed by atoms with Crippen molar-refractivity contribution in [2.75, 3.05) is 7.11 Å². The first-order valence-corrected chi connectivity index (χ1v) is 8.63. The maximum absolute atomic E-state index is 5.71. The molecule has 2 nitrogen and oxygen atoms in total. The summed E-state index contributed by atoms with van der Waals surface area (Å²) in [7, 11) is 1.74. The number of ether oxygens (including phenoxy) is 1. The Morgan fingerprint density at radius 2 is 1.38 bits per heavy atom. The van der Waals surface area contributed by atoms with Crippen LogP contribution in [0.2, 0.25) is 0 Å². The second kappa shape index (κ2) is 5.20.